The van der Waals surface area contributed by atoms with Crippen molar-refractivity contribution in [3.05, 3.63) is 65.0 Å². The lowest BCUT2D eigenvalue weighted by atomic mass is 9.93. The van der Waals surface area contributed by atoms with Gasteiger partial charge < -0.3 is 15.2 Å². The molecule has 1 aliphatic rings. The predicted octanol–water partition coefficient (Wildman–Crippen LogP) is 3.86. The number of hydrogen-bond donors (Lipinski definition) is 3. The minimum Gasteiger partial charge on any atom is -0.480 e. The number of halogens is 5. The van der Waals surface area contributed by atoms with Crippen LogP contribution in [0.2, 0.25) is 0 Å². The maximum absolute atomic E-state index is 13.8. The van der Waals surface area contributed by atoms with Crippen molar-refractivity contribution in [2.24, 2.45) is 0 Å². The molecule has 0 radical (unpaired) electrons. The van der Waals surface area contributed by atoms with E-state index in [9.17, 15) is 41.4 Å². The van der Waals surface area contributed by atoms with Gasteiger partial charge in [0.25, 0.3) is 0 Å². The molecular formula is C24H23F5N2O5S. The zero-order chi connectivity index (χ0) is 27.5. The summed E-state index contributed by atoms with van der Waals surface area (Å²) in [5.41, 5.74) is 0.500. The zero-order valence-electron chi connectivity index (χ0n) is 19.6. The van der Waals surface area contributed by atoms with Crippen molar-refractivity contribution in [3.63, 3.8) is 0 Å². The summed E-state index contributed by atoms with van der Waals surface area (Å²) < 4.78 is 71.4. The van der Waals surface area contributed by atoms with E-state index in [1.165, 1.54) is 11.8 Å². The molecule has 37 heavy (non-hydrogen) atoms. The predicted molar refractivity (Wildman–Crippen MR) is 123 cm³/mol. The summed E-state index contributed by atoms with van der Waals surface area (Å²) >= 11 is 1.34. The highest BCUT2D eigenvalue weighted by atomic mass is 32.2. The fraction of sp³-hybridized carbons (Fsp3) is 0.375. The Morgan fingerprint density at radius 3 is 2.14 bits per heavy atom. The molecule has 2 aromatic carbocycles. The Bertz CT molecular complexity index is 1170. The molecule has 1 saturated heterocycles. The third-order valence-electron chi connectivity index (χ3n) is 5.74. The Labute approximate surface area is 212 Å². The topological polar surface area (TPSA) is 105 Å². The molecule has 200 valence electrons. The van der Waals surface area contributed by atoms with Crippen molar-refractivity contribution in [2.75, 3.05) is 6.54 Å². The normalized spacial score (nSPS) is 19.3. The number of nitrogens with one attached hydrogen (secondary N) is 2. The third kappa shape index (κ3) is 6.39. The molecule has 3 atom stereocenters. The molecule has 0 aromatic heterocycles. The van der Waals surface area contributed by atoms with Crippen LogP contribution in [0.25, 0.3) is 0 Å². The molecular weight excluding hydrogens is 523 g/mol. The van der Waals surface area contributed by atoms with Gasteiger partial charge in [0, 0.05) is 17.7 Å². The number of benzene rings is 2. The summed E-state index contributed by atoms with van der Waals surface area (Å²) in [6, 6.07) is 7.40. The van der Waals surface area contributed by atoms with E-state index < -0.39 is 81.2 Å². The molecule has 0 saturated carbocycles. The Morgan fingerprint density at radius 2 is 1.59 bits per heavy atom. The molecule has 1 aliphatic heterocycles. The first-order valence-corrected chi connectivity index (χ1v) is 11.9. The summed E-state index contributed by atoms with van der Waals surface area (Å²) in [5.74, 6) is -17.0. The van der Waals surface area contributed by atoms with Crippen LogP contribution in [0.4, 0.5) is 22.0 Å². The van der Waals surface area contributed by atoms with Crippen LogP contribution in [0.1, 0.15) is 38.2 Å². The number of hydrogen-bond acceptors (Lipinski definition) is 6. The number of carboxylic acids is 1. The van der Waals surface area contributed by atoms with Crippen LogP contribution in [0, 0.1) is 29.1 Å². The van der Waals surface area contributed by atoms with Gasteiger partial charge in [0.2, 0.25) is 40.7 Å². The number of amides is 1. The van der Waals surface area contributed by atoms with Gasteiger partial charge in [0.1, 0.15) is 6.04 Å². The lowest BCUT2D eigenvalue weighted by Gasteiger charge is -2.21. The van der Waals surface area contributed by atoms with E-state index in [0.29, 0.717) is 5.56 Å². The van der Waals surface area contributed by atoms with Gasteiger partial charge >= 0.3 is 11.9 Å². The molecule has 2 unspecified atom stereocenters. The highest BCUT2D eigenvalue weighted by Gasteiger charge is 2.45. The van der Waals surface area contributed by atoms with Crippen LogP contribution >= 0.6 is 11.8 Å². The number of ether oxygens (including phenoxy) is 1. The second-order valence-electron chi connectivity index (χ2n) is 8.77. The molecule has 0 spiro atoms. The molecule has 2 aromatic rings. The fourth-order valence-corrected chi connectivity index (χ4v) is 5.29. The van der Waals surface area contributed by atoms with E-state index in [0.717, 1.165) is 0 Å². The summed E-state index contributed by atoms with van der Waals surface area (Å²) in [4.78, 5) is 36.7. The summed E-state index contributed by atoms with van der Waals surface area (Å²) in [6.07, 6.45) is -0.796. The fourth-order valence-electron chi connectivity index (χ4n) is 3.88. The molecule has 1 fully saturated rings. The van der Waals surface area contributed by atoms with E-state index in [2.05, 4.69) is 15.4 Å². The second-order valence-corrected chi connectivity index (χ2v) is 10.6. The van der Waals surface area contributed by atoms with Gasteiger partial charge in [0.15, 0.2) is 0 Å². The average Bonchev–Trinajstić information content (AvgIpc) is 3.18. The van der Waals surface area contributed by atoms with Gasteiger partial charge in [-0.05, 0) is 25.8 Å². The zero-order valence-corrected chi connectivity index (χ0v) is 20.4. The van der Waals surface area contributed by atoms with Gasteiger partial charge in [-0.1, -0.05) is 30.3 Å². The first-order valence-electron chi connectivity index (χ1n) is 11.0. The number of carbonyl (C=O) groups is 3. The van der Waals surface area contributed by atoms with E-state index in [4.69, 9.17) is 0 Å². The maximum Gasteiger partial charge on any atom is 0.322 e. The highest BCUT2D eigenvalue weighted by molar-refractivity contribution is 8.01. The van der Waals surface area contributed by atoms with Gasteiger partial charge in [-0.3, -0.25) is 19.7 Å². The molecule has 0 bridgehead atoms. The van der Waals surface area contributed by atoms with Crippen LogP contribution in [0.15, 0.2) is 30.3 Å². The average molecular weight is 547 g/mol. The van der Waals surface area contributed by atoms with Gasteiger partial charge in [0.05, 0.1) is 11.3 Å². The van der Waals surface area contributed by atoms with Gasteiger partial charge in [-0.2, -0.15) is 8.78 Å². The summed E-state index contributed by atoms with van der Waals surface area (Å²) in [5, 5.41) is 14.6. The molecule has 3 N–H and O–H groups in total. The summed E-state index contributed by atoms with van der Waals surface area (Å²) in [7, 11) is 0. The number of rotatable bonds is 9. The minimum atomic E-state index is -2.39. The van der Waals surface area contributed by atoms with Crippen molar-refractivity contribution in [1.82, 2.24) is 10.6 Å². The minimum absolute atomic E-state index is 0.0645. The van der Waals surface area contributed by atoms with Crippen LogP contribution in [0.5, 0.6) is 5.75 Å². The van der Waals surface area contributed by atoms with Gasteiger partial charge in [-0.15, -0.1) is 11.8 Å². The largest absolute Gasteiger partial charge is 0.480 e. The quantitative estimate of drug-likeness (QED) is 0.144. The standard InChI is InChI=1S/C24H23F5N2O5S/c1-24(2)21(23(34)35)31-13(37-24)10-30-22(33)12(11-6-4-3-5-7-11)8-9-14(32)36-20-18(28)16(26)15(25)17(27)19(20)29/h3-7,12-13,21,31H,8-10H2,1-2H3,(H,30,33)(H,34,35)/t12?,13?,21-/m0/s1. The Balaban J connectivity index is 1.68. The van der Waals surface area contributed by atoms with E-state index in [-0.39, 0.29) is 13.0 Å². The lowest BCUT2D eigenvalue weighted by molar-refractivity contribution is -0.140. The summed E-state index contributed by atoms with van der Waals surface area (Å²) in [6.45, 7) is 3.58. The van der Waals surface area contributed by atoms with Crippen molar-refractivity contribution in [2.45, 2.75) is 48.8 Å². The third-order valence-corrected chi connectivity index (χ3v) is 7.17. The maximum atomic E-state index is 13.8. The number of esters is 1. The number of carboxylic acid groups (broad SMARTS) is 1. The van der Waals surface area contributed by atoms with Crippen LogP contribution in [-0.4, -0.2) is 45.7 Å². The molecule has 13 heteroatoms. The first-order chi connectivity index (χ1) is 17.3. The Morgan fingerprint density at radius 1 is 1.03 bits per heavy atom. The lowest BCUT2D eigenvalue weighted by Crippen LogP contribution is -2.46. The SMILES string of the molecule is CC1(C)SC(CNC(=O)C(CCC(=O)Oc2c(F)c(F)c(F)c(F)c2F)c2ccccc2)N[C@H]1C(=O)O. The monoisotopic (exact) mass is 546 g/mol. The van der Waals surface area contributed by atoms with Crippen molar-refractivity contribution in [1.29, 1.82) is 0 Å². The van der Waals surface area contributed by atoms with Crippen molar-refractivity contribution < 1.29 is 46.2 Å². The molecule has 1 heterocycles. The van der Waals surface area contributed by atoms with Gasteiger partial charge in [-0.25, -0.2) is 13.2 Å². The Kier molecular flexibility index (Phi) is 8.80. The highest BCUT2D eigenvalue weighted by Crippen LogP contribution is 2.37. The second kappa shape index (κ2) is 11.5. The van der Waals surface area contributed by atoms with Crippen LogP contribution < -0.4 is 15.4 Å². The smallest absolute Gasteiger partial charge is 0.322 e. The van der Waals surface area contributed by atoms with E-state index in [1.54, 1.807) is 44.2 Å². The molecule has 7 nitrogen and oxygen atoms in total. The molecule has 1 amide bonds. The Hall–Kier alpha value is -3.19. The van der Waals surface area contributed by atoms with E-state index >= 15 is 0 Å². The van der Waals surface area contributed by atoms with E-state index in [1.807, 2.05) is 0 Å². The molecule has 3 rings (SSSR count). The number of thioether (sulfide) groups is 1. The van der Waals surface area contributed by atoms with Crippen molar-refractivity contribution >= 4 is 29.6 Å². The first kappa shape index (κ1) is 28.4. The van der Waals surface area contributed by atoms with Crippen molar-refractivity contribution in [3.8, 4) is 5.75 Å². The van der Waals surface area contributed by atoms with Crippen LogP contribution in [-0.2, 0) is 14.4 Å². The number of carbonyl (C=O) groups excluding carboxylic acids is 2. The van der Waals surface area contributed by atoms with Crippen LogP contribution in [0.3, 0.4) is 0 Å². The molecule has 0 aliphatic carbocycles. The number of aliphatic carboxylic acids is 1.